The van der Waals surface area contributed by atoms with E-state index in [1.54, 1.807) is 0 Å². The van der Waals surface area contributed by atoms with Crippen LogP contribution in [0.4, 0.5) is 13.2 Å². The van der Waals surface area contributed by atoms with Crippen LogP contribution in [-0.4, -0.2) is 18.1 Å². The van der Waals surface area contributed by atoms with Gasteiger partial charge in [0.2, 0.25) is 5.89 Å². The van der Waals surface area contributed by atoms with Crippen LogP contribution in [0.15, 0.2) is 22.6 Å². The number of oxazole rings is 1. The summed E-state index contributed by atoms with van der Waals surface area (Å²) in [7, 11) is 0. The SMILES string of the molecule is NCCOCc1nc2cc(C(F)(F)F)ccc2o1. The van der Waals surface area contributed by atoms with Crippen molar-refractivity contribution in [1.29, 1.82) is 0 Å². The fourth-order valence-electron chi connectivity index (χ4n) is 1.46. The van der Waals surface area contributed by atoms with E-state index in [-0.39, 0.29) is 18.0 Å². The number of hydrogen-bond donors (Lipinski definition) is 1. The van der Waals surface area contributed by atoms with Gasteiger partial charge in [0.15, 0.2) is 5.58 Å². The maximum Gasteiger partial charge on any atom is 0.416 e. The molecule has 1 aromatic carbocycles. The summed E-state index contributed by atoms with van der Waals surface area (Å²) >= 11 is 0. The molecule has 0 aliphatic carbocycles. The Morgan fingerprint density at radius 3 is 2.78 bits per heavy atom. The molecule has 0 atom stereocenters. The molecule has 0 fully saturated rings. The van der Waals surface area contributed by atoms with Gasteiger partial charge in [0, 0.05) is 6.54 Å². The van der Waals surface area contributed by atoms with Gasteiger partial charge in [-0.2, -0.15) is 13.2 Å². The van der Waals surface area contributed by atoms with Crippen molar-refractivity contribution in [3.05, 3.63) is 29.7 Å². The number of ether oxygens (including phenoxy) is 1. The van der Waals surface area contributed by atoms with Crippen LogP contribution in [0.2, 0.25) is 0 Å². The Morgan fingerprint density at radius 2 is 2.11 bits per heavy atom. The number of hydrogen-bond acceptors (Lipinski definition) is 4. The Hall–Kier alpha value is -1.60. The lowest BCUT2D eigenvalue weighted by molar-refractivity contribution is -0.137. The van der Waals surface area contributed by atoms with Crippen molar-refractivity contribution in [3.63, 3.8) is 0 Å². The number of nitrogens with two attached hydrogens (primary N) is 1. The van der Waals surface area contributed by atoms with Gasteiger partial charge in [0.05, 0.1) is 12.2 Å². The van der Waals surface area contributed by atoms with E-state index in [2.05, 4.69) is 4.98 Å². The lowest BCUT2D eigenvalue weighted by Gasteiger charge is -2.04. The van der Waals surface area contributed by atoms with Crippen LogP contribution >= 0.6 is 0 Å². The van der Waals surface area contributed by atoms with E-state index in [0.717, 1.165) is 12.1 Å². The summed E-state index contributed by atoms with van der Waals surface area (Å²) in [4.78, 5) is 3.93. The molecule has 0 radical (unpaired) electrons. The number of nitrogens with zero attached hydrogens (tertiary/aromatic N) is 1. The van der Waals surface area contributed by atoms with E-state index >= 15 is 0 Å². The Morgan fingerprint density at radius 1 is 1.33 bits per heavy atom. The van der Waals surface area contributed by atoms with Gasteiger partial charge in [-0.25, -0.2) is 4.98 Å². The molecular weight excluding hydrogens is 249 g/mol. The van der Waals surface area contributed by atoms with Gasteiger partial charge in [-0.1, -0.05) is 0 Å². The molecule has 18 heavy (non-hydrogen) atoms. The Labute approximate surface area is 101 Å². The second-order valence-corrected chi connectivity index (χ2v) is 3.63. The van der Waals surface area contributed by atoms with Gasteiger partial charge >= 0.3 is 6.18 Å². The van der Waals surface area contributed by atoms with Crippen LogP contribution in [-0.2, 0) is 17.5 Å². The molecule has 2 rings (SSSR count). The first-order chi connectivity index (χ1) is 8.50. The molecule has 0 saturated carbocycles. The summed E-state index contributed by atoms with van der Waals surface area (Å²) in [6, 6.07) is 3.15. The third kappa shape index (κ3) is 2.80. The number of aromatic nitrogens is 1. The van der Waals surface area contributed by atoms with E-state index in [9.17, 15) is 13.2 Å². The average molecular weight is 260 g/mol. The van der Waals surface area contributed by atoms with Gasteiger partial charge in [0.1, 0.15) is 12.1 Å². The summed E-state index contributed by atoms with van der Waals surface area (Å²) < 4.78 is 47.8. The minimum atomic E-state index is -4.39. The van der Waals surface area contributed by atoms with E-state index < -0.39 is 11.7 Å². The van der Waals surface area contributed by atoms with E-state index in [4.69, 9.17) is 14.9 Å². The summed E-state index contributed by atoms with van der Waals surface area (Å²) in [6.07, 6.45) is -4.39. The Balaban J connectivity index is 2.23. The van der Waals surface area contributed by atoms with Crippen molar-refractivity contribution in [1.82, 2.24) is 4.98 Å². The van der Waals surface area contributed by atoms with Crippen molar-refractivity contribution < 1.29 is 22.3 Å². The third-order valence-corrected chi connectivity index (χ3v) is 2.25. The molecule has 0 spiro atoms. The summed E-state index contributed by atoms with van der Waals surface area (Å²) in [5, 5.41) is 0. The van der Waals surface area contributed by atoms with Gasteiger partial charge in [0.25, 0.3) is 0 Å². The fraction of sp³-hybridized carbons (Fsp3) is 0.364. The van der Waals surface area contributed by atoms with Crippen LogP contribution in [0.3, 0.4) is 0 Å². The second kappa shape index (κ2) is 4.95. The summed E-state index contributed by atoms with van der Waals surface area (Å²) in [5.74, 6) is 0.234. The highest BCUT2D eigenvalue weighted by Crippen LogP contribution is 2.31. The quantitative estimate of drug-likeness (QED) is 0.857. The standard InChI is InChI=1S/C11H11F3N2O2/c12-11(13,14)7-1-2-9-8(5-7)16-10(18-9)6-17-4-3-15/h1-2,5H,3-4,6,15H2. The van der Waals surface area contributed by atoms with Gasteiger partial charge in [-0.05, 0) is 18.2 Å². The molecule has 98 valence electrons. The van der Waals surface area contributed by atoms with Crippen molar-refractivity contribution in [2.24, 2.45) is 5.73 Å². The van der Waals surface area contributed by atoms with Gasteiger partial charge in [-0.15, -0.1) is 0 Å². The average Bonchev–Trinajstić information content (AvgIpc) is 2.69. The number of benzene rings is 1. The molecule has 0 amide bonds. The number of alkyl halides is 3. The zero-order valence-electron chi connectivity index (χ0n) is 9.33. The van der Waals surface area contributed by atoms with E-state index in [1.165, 1.54) is 6.07 Å². The maximum atomic E-state index is 12.5. The Kier molecular flexibility index (Phi) is 3.53. The zero-order valence-corrected chi connectivity index (χ0v) is 9.33. The predicted molar refractivity (Wildman–Crippen MR) is 57.7 cm³/mol. The lowest BCUT2D eigenvalue weighted by Crippen LogP contribution is -2.08. The molecule has 0 bridgehead atoms. The summed E-state index contributed by atoms with van der Waals surface area (Å²) in [6.45, 7) is 0.790. The molecular formula is C11H11F3N2O2. The fourth-order valence-corrected chi connectivity index (χ4v) is 1.46. The van der Waals surface area contributed by atoms with Crippen molar-refractivity contribution in [3.8, 4) is 0 Å². The minimum Gasteiger partial charge on any atom is -0.438 e. The molecule has 1 aromatic heterocycles. The Bertz CT molecular complexity index is 537. The second-order valence-electron chi connectivity index (χ2n) is 3.63. The molecule has 4 nitrogen and oxygen atoms in total. The zero-order chi connectivity index (χ0) is 13.2. The lowest BCUT2D eigenvalue weighted by atomic mass is 10.2. The molecule has 2 N–H and O–H groups in total. The molecule has 2 aromatic rings. The molecule has 0 aliphatic heterocycles. The third-order valence-electron chi connectivity index (χ3n) is 2.25. The number of fused-ring (bicyclic) bond motifs is 1. The highest BCUT2D eigenvalue weighted by molar-refractivity contribution is 5.73. The maximum absolute atomic E-state index is 12.5. The van der Waals surface area contributed by atoms with Crippen LogP contribution < -0.4 is 5.73 Å². The van der Waals surface area contributed by atoms with Crippen LogP contribution in [0, 0.1) is 0 Å². The largest absolute Gasteiger partial charge is 0.438 e. The minimum absolute atomic E-state index is 0.0905. The highest BCUT2D eigenvalue weighted by Gasteiger charge is 2.30. The molecule has 0 aliphatic rings. The van der Waals surface area contributed by atoms with Gasteiger partial charge < -0.3 is 14.9 Å². The molecule has 0 unspecified atom stereocenters. The van der Waals surface area contributed by atoms with Crippen LogP contribution in [0.1, 0.15) is 11.5 Å². The normalized spacial score (nSPS) is 12.2. The van der Waals surface area contributed by atoms with Crippen molar-refractivity contribution in [2.45, 2.75) is 12.8 Å². The van der Waals surface area contributed by atoms with Crippen LogP contribution in [0.25, 0.3) is 11.1 Å². The topological polar surface area (TPSA) is 61.3 Å². The first-order valence-electron chi connectivity index (χ1n) is 5.25. The highest BCUT2D eigenvalue weighted by atomic mass is 19.4. The monoisotopic (exact) mass is 260 g/mol. The first kappa shape index (κ1) is 12.8. The van der Waals surface area contributed by atoms with Gasteiger partial charge in [-0.3, -0.25) is 0 Å². The molecule has 7 heteroatoms. The van der Waals surface area contributed by atoms with Crippen molar-refractivity contribution >= 4 is 11.1 Å². The first-order valence-corrected chi connectivity index (χ1v) is 5.25. The van der Waals surface area contributed by atoms with E-state index in [0.29, 0.717) is 18.7 Å². The molecule has 0 saturated heterocycles. The van der Waals surface area contributed by atoms with E-state index in [1.807, 2.05) is 0 Å². The smallest absolute Gasteiger partial charge is 0.416 e. The van der Waals surface area contributed by atoms with Crippen LogP contribution in [0.5, 0.6) is 0 Å². The number of rotatable bonds is 4. The predicted octanol–water partition coefficient (Wildman–Crippen LogP) is 2.32. The molecule has 1 heterocycles. The van der Waals surface area contributed by atoms with Crippen molar-refractivity contribution in [2.75, 3.05) is 13.2 Å². The number of halogens is 3. The summed E-state index contributed by atoms with van der Waals surface area (Å²) in [5.41, 5.74) is 4.95.